The van der Waals surface area contributed by atoms with E-state index in [1.807, 2.05) is 0 Å². The van der Waals surface area contributed by atoms with E-state index in [9.17, 15) is 37.1 Å². The number of Topliss-reactive ketones (excluding diaryl/α,β-unsaturated/α-hetero) is 1. The van der Waals surface area contributed by atoms with Gasteiger partial charge in [0.1, 0.15) is 6.61 Å². The summed E-state index contributed by atoms with van der Waals surface area (Å²) in [5.41, 5.74) is -1.19. The number of ketones is 1. The highest BCUT2D eigenvalue weighted by Gasteiger charge is 2.52. The SMILES string of the molecule is CCOC(=O)C(COC(=O)Cc1ccc(NC(=O)c2ccccc2-c2ccc(C(F)(F)F)cc2)c(C(=O)C(C)C)c1)(C(=O)OCC)c1ccccc1. The molecular weight excluding hydrogens is 679 g/mol. The lowest BCUT2D eigenvalue weighted by atomic mass is 9.81. The Morgan fingerprint density at radius 2 is 1.29 bits per heavy atom. The summed E-state index contributed by atoms with van der Waals surface area (Å²) in [4.78, 5) is 66.7. The molecule has 0 unspecified atom stereocenters. The Morgan fingerprint density at radius 1 is 0.692 bits per heavy atom. The summed E-state index contributed by atoms with van der Waals surface area (Å²) in [6.07, 6.45) is -4.88. The molecule has 0 saturated heterocycles. The summed E-state index contributed by atoms with van der Waals surface area (Å²) in [5, 5.41) is 2.74. The van der Waals surface area contributed by atoms with Crippen LogP contribution >= 0.6 is 0 Å². The summed E-state index contributed by atoms with van der Waals surface area (Å²) < 4.78 is 55.4. The minimum Gasteiger partial charge on any atom is -0.465 e. The molecule has 0 bridgehead atoms. The molecular formula is C40H38F3NO8. The van der Waals surface area contributed by atoms with E-state index in [2.05, 4.69) is 5.32 Å². The minimum atomic E-state index is -4.52. The van der Waals surface area contributed by atoms with Crippen molar-refractivity contribution in [2.24, 2.45) is 5.92 Å². The van der Waals surface area contributed by atoms with Crippen molar-refractivity contribution < 1.29 is 51.4 Å². The molecule has 0 spiro atoms. The van der Waals surface area contributed by atoms with Crippen LogP contribution in [0.15, 0.2) is 97.1 Å². The first-order valence-electron chi connectivity index (χ1n) is 16.5. The number of ether oxygens (including phenoxy) is 3. The van der Waals surface area contributed by atoms with Crippen molar-refractivity contribution >= 4 is 35.3 Å². The molecule has 9 nitrogen and oxygen atoms in total. The number of halogens is 3. The zero-order chi connectivity index (χ0) is 38.1. The van der Waals surface area contributed by atoms with E-state index >= 15 is 0 Å². The maximum atomic E-state index is 13.6. The van der Waals surface area contributed by atoms with Crippen molar-refractivity contribution in [2.75, 3.05) is 25.1 Å². The van der Waals surface area contributed by atoms with Gasteiger partial charge in [0.25, 0.3) is 5.91 Å². The molecule has 0 aliphatic carbocycles. The molecule has 0 radical (unpaired) electrons. The predicted octanol–water partition coefficient (Wildman–Crippen LogP) is 7.61. The third-order valence-electron chi connectivity index (χ3n) is 8.13. The molecule has 0 saturated carbocycles. The van der Waals surface area contributed by atoms with Gasteiger partial charge >= 0.3 is 24.1 Å². The molecule has 0 aliphatic rings. The molecule has 0 heterocycles. The van der Waals surface area contributed by atoms with Gasteiger partial charge < -0.3 is 19.5 Å². The normalized spacial score (nSPS) is 11.5. The second kappa shape index (κ2) is 17.0. The Hall–Kier alpha value is -5.78. The summed E-state index contributed by atoms with van der Waals surface area (Å²) in [7, 11) is 0. The van der Waals surface area contributed by atoms with Crippen LogP contribution in [-0.2, 0) is 46.6 Å². The molecule has 272 valence electrons. The molecule has 0 aliphatic heterocycles. The van der Waals surface area contributed by atoms with Gasteiger partial charge in [0.2, 0.25) is 5.41 Å². The Kier molecular flexibility index (Phi) is 12.7. The van der Waals surface area contributed by atoms with Gasteiger partial charge in [-0.1, -0.05) is 80.6 Å². The van der Waals surface area contributed by atoms with Gasteiger partial charge in [-0.2, -0.15) is 13.2 Å². The highest BCUT2D eigenvalue weighted by Crippen LogP contribution is 2.33. The van der Waals surface area contributed by atoms with Crippen LogP contribution in [0, 0.1) is 5.92 Å². The second-order valence-corrected chi connectivity index (χ2v) is 12.0. The Balaban J connectivity index is 1.60. The van der Waals surface area contributed by atoms with Crippen molar-refractivity contribution in [2.45, 2.75) is 45.7 Å². The fraction of sp³-hybridized carbons (Fsp3) is 0.275. The van der Waals surface area contributed by atoms with Crippen molar-refractivity contribution in [1.82, 2.24) is 0 Å². The lowest BCUT2D eigenvalue weighted by Crippen LogP contribution is -2.50. The van der Waals surface area contributed by atoms with Crippen LogP contribution in [-0.4, -0.2) is 49.4 Å². The topological polar surface area (TPSA) is 125 Å². The van der Waals surface area contributed by atoms with Crippen LogP contribution in [0.2, 0.25) is 0 Å². The molecule has 1 amide bonds. The predicted molar refractivity (Wildman–Crippen MR) is 186 cm³/mol. The van der Waals surface area contributed by atoms with E-state index in [4.69, 9.17) is 14.2 Å². The van der Waals surface area contributed by atoms with Gasteiger partial charge in [0.05, 0.1) is 30.9 Å². The number of hydrogen-bond acceptors (Lipinski definition) is 8. The molecule has 0 aromatic heterocycles. The molecule has 0 atom stereocenters. The molecule has 4 rings (SSSR count). The van der Waals surface area contributed by atoms with Gasteiger partial charge in [0, 0.05) is 17.0 Å². The van der Waals surface area contributed by atoms with Crippen LogP contribution in [0.25, 0.3) is 11.1 Å². The lowest BCUT2D eigenvalue weighted by molar-refractivity contribution is -0.170. The van der Waals surface area contributed by atoms with Gasteiger partial charge in [-0.15, -0.1) is 0 Å². The summed E-state index contributed by atoms with van der Waals surface area (Å²) in [6, 6.07) is 23.2. The average molecular weight is 718 g/mol. The maximum Gasteiger partial charge on any atom is 0.416 e. The van der Waals surface area contributed by atoms with Crippen molar-refractivity contribution in [3.63, 3.8) is 0 Å². The molecule has 4 aromatic carbocycles. The summed E-state index contributed by atoms with van der Waals surface area (Å²) in [6.45, 7) is 5.69. The number of rotatable bonds is 14. The first-order valence-corrected chi connectivity index (χ1v) is 16.5. The summed E-state index contributed by atoms with van der Waals surface area (Å²) >= 11 is 0. The van der Waals surface area contributed by atoms with Gasteiger partial charge in [-0.05, 0) is 66.4 Å². The fourth-order valence-corrected chi connectivity index (χ4v) is 5.44. The maximum absolute atomic E-state index is 13.6. The Morgan fingerprint density at radius 3 is 1.87 bits per heavy atom. The van der Waals surface area contributed by atoms with E-state index in [0.29, 0.717) is 16.7 Å². The number of amides is 1. The highest BCUT2D eigenvalue weighted by atomic mass is 19.4. The summed E-state index contributed by atoms with van der Waals surface area (Å²) in [5.74, 6) is -4.17. The standard InChI is InChI=1S/C40H38F3NO8/c1-5-50-37(48)39(38(49)51-6-2,28-12-8-7-9-13-28)24-52-34(45)23-26-16-21-33(32(22-26)35(46)25(3)4)44-36(47)31-15-11-10-14-30(31)27-17-19-29(20-18-27)40(41,42)43/h7-22,25H,5-6,23-24H2,1-4H3,(H,44,47). The largest absolute Gasteiger partial charge is 0.465 e. The number of carbonyl (C=O) groups is 5. The Labute approximate surface area is 299 Å². The van der Waals surface area contributed by atoms with Crippen molar-refractivity contribution in [1.29, 1.82) is 0 Å². The van der Waals surface area contributed by atoms with Crippen molar-refractivity contribution in [3.8, 4) is 11.1 Å². The monoisotopic (exact) mass is 717 g/mol. The Bertz CT molecular complexity index is 1900. The fourth-order valence-electron chi connectivity index (χ4n) is 5.44. The first-order chi connectivity index (χ1) is 24.7. The zero-order valence-electron chi connectivity index (χ0n) is 29.0. The average Bonchev–Trinajstić information content (AvgIpc) is 3.12. The number of nitrogens with one attached hydrogen (secondary N) is 1. The van der Waals surface area contributed by atoms with Crippen molar-refractivity contribution in [3.05, 3.63) is 125 Å². The van der Waals surface area contributed by atoms with Crippen LogP contribution in [0.5, 0.6) is 0 Å². The first kappa shape index (κ1) is 39.0. The molecule has 0 fully saturated rings. The highest BCUT2D eigenvalue weighted by molar-refractivity contribution is 6.12. The number of hydrogen-bond donors (Lipinski definition) is 1. The number of alkyl halides is 3. The lowest BCUT2D eigenvalue weighted by Gasteiger charge is -2.29. The van der Waals surface area contributed by atoms with E-state index in [-0.39, 0.29) is 47.8 Å². The van der Waals surface area contributed by atoms with Crippen LogP contribution in [0.1, 0.15) is 65.1 Å². The third kappa shape index (κ3) is 8.92. The van der Waals surface area contributed by atoms with E-state index in [1.165, 1.54) is 48.5 Å². The second-order valence-electron chi connectivity index (χ2n) is 12.0. The molecule has 52 heavy (non-hydrogen) atoms. The van der Waals surface area contributed by atoms with Crippen LogP contribution < -0.4 is 5.32 Å². The molecule has 4 aromatic rings. The van der Waals surface area contributed by atoms with E-state index < -0.39 is 53.5 Å². The zero-order valence-corrected chi connectivity index (χ0v) is 29.0. The number of esters is 3. The number of carbonyl (C=O) groups excluding carboxylic acids is 5. The van der Waals surface area contributed by atoms with E-state index in [1.54, 1.807) is 64.1 Å². The van der Waals surface area contributed by atoms with Crippen LogP contribution in [0.4, 0.5) is 18.9 Å². The molecule has 1 N–H and O–H groups in total. The van der Waals surface area contributed by atoms with Crippen LogP contribution in [0.3, 0.4) is 0 Å². The number of benzene rings is 4. The molecule has 12 heteroatoms. The van der Waals surface area contributed by atoms with E-state index in [0.717, 1.165) is 12.1 Å². The minimum absolute atomic E-state index is 0.0447. The third-order valence-corrected chi connectivity index (χ3v) is 8.13. The number of anilines is 1. The van der Waals surface area contributed by atoms with Gasteiger partial charge in [-0.3, -0.25) is 24.0 Å². The smallest absolute Gasteiger partial charge is 0.416 e. The van der Waals surface area contributed by atoms with Gasteiger partial charge in [-0.25, -0.2) is 0 Å². The van der Waals surface area contributed by atoms with Gasteiger partial charge in [0.15, 0.2) is 5.78 Å². The quantitative estimate of drug-likeness (QED) is 0.0612.